The van der Waals surface area contributed by atoms with Crippen LogP contribution < -0.4 is 5.73 Å². The first kappa shape index (κ1) is 22.6. The zero-order chi connectivity index (χ0) is 23.7. The molecule has 0 spiro atoms. The number of imidazole rings is 1. The van der Waals surface area contributed by atoms with Gasteiger partial charge in [-0.05, 0) is 66.3 Å². The van der Waals surface area contributed by atoms with Crippen molar-refractivity contribution in [2.45, 2.75) is 51.1 Å². The molecule has 0 bridgehead atoms. The zero-order valence-electron chi connectivity index (χ0n) is 18.6. The molecule has 5 nitrogen and oxygen atoms in total. The van der Waals surface area contributed by atoms with Crippen molar-refractivity contribution in [1.82, 2.24) is 19.9 Å². The number of hydrogen-bond acceptors (Lipinski definition) is 4. The summed E-state index contributed by atoms with van der Waals surface area (Å²) in [6.45, 7) is 1.00. The van der Waals surface area contributed by atoms with Gasteiger partial charge in [0.05, 0.1) is 34.9 Å². The third-order valence-corrected chi connectivity index (χ3v) is 6.52. The fourth-order valence-corrected chi connectivity index (χ4v) is 4.85. The van der Waals surface area contributed by atoms with Crippen LogP contribution >= 0.6 is 0 Å². The molecule has 2 aromatic heterocycles. The van der Waals surface area contributed by atoms with Gasteiger partial charge >= 0.3 is 6.18 Å². The molecule has 8 heteroatoms. The summed E-state index contributed by atoms with van der Waals surface area (Å²) in [6, 6.07) is 15.8. The highest BCUT2D eigenvalue weighted by Crippen LogP contribution is 2.36. The number of nitrogens with two attached hydrogens (primary N) is 1. The molecular formula is C26H26F3N5. The average Bonchev–Trinajstić information content (AvgIpc) is 3.25. The molecule has 0 saturated heterocycles. The Balaban J connectivity index is 1.52. The number of alkyl halides is 3. The normalized spacial score (nSPS) is 16.2. The van der Waals surface area contributed by atoms with E-state index in [1.807, 2.05) is 30.3 Å². The van der Waals surface area contributed by atoms with Crippen LogP contribution in [0.1, 0.15) is 52.7 Å². The Morgan fingerprint density at radius 3 is 2.68 bits per heavy atom. The molecule has 2 aromatic carbocycles. The van der Waals surface area contributed by atoms with Crippen LogP contribution in [-0.2, 0) is 32.2 Å². The lowest BCUT2D eigenvalue weighted by Gasteiger charge is -2.35. The summed E-state index contributed by atoms with van der Waals surface area (Å²) in [7, 11) is 0. The number of halogens is 3. The molecule has 0 radical (unpaired) electrons. The first-order valence-electron chi connectivity index (χ1n) is 11.4. The quantitative estimate of drug-likeness (QED) is 0.394. The smallest absolute Gasteiger partial charge is 0.341 e. The van der Waals surface area contributed by atoms with Crippen LogP contribution in [0.2, 0.25) is 0 Å². The van der Waals surface area contributed by atoms with Crippen LogP contribution in [0.25, 0.3) is 11.0 Å². The number of pyridine rings is 1. The van der Waals surface area contributed by atoms with Gasteiger partial charge in [0.2, 0.25) is 0 Å². The lowest BCUT2D eigenvalue weighted by atomic mass is 9.90. The Labute approximate surface area is 195 Å². The number of aromatic nitrogens is 3. The summed E-state index contributed by atoms with van der Waals surface area (Å²) in [5, 5.41) is 0. The SMILES string of the molecule is NCc1cc(C(F)(F)F)ccc1CN(Cc1nc2ccccc2[nH]1)C1CCCc2cccnc21. The molecular weight excluding hydrogens is 439 g/mol. The zero-order valence-corrected chi connectivity index (χ0v) is 18.6. The summed E-state index contributed by atoms with van der Waals surface area (Å²) < 4.78 is 39.8. The minimum absolute atomic E-state index is 0.0334. The van der Waals surface area contributed by atoms with E-state index in [-0.39, 0.29) is 12.6 Å². The van der Waals surface area contributed by atoms with Crippen molar-refractivity contribution in [3.05, 3.63) is 94.6 Å². The fourth-order valence-electron chi connectivity index (χ4n) is 4.85. The summed E-state index contributed by atoms with van der Waals surface area (Å²) in [6.07, 6.45) is 0.328. The van der Waals surface area contributed by atoms with E-state index < -0.39 is 11.7 Å². The van der Waals surface area contributed by atoms with E-state index in [0.29, 0.717) is 18.7 Å². The van der Waals surface area contributed by atoms with E-state index in [2.05, 4.69) is 16.0 Å². The molecule has 0 fully saturated rings. The molecule has 1 unspecified atom stereocenters. The minimum Gasteiger partial charge on any atom is -0.341 e. The van der Waals surface area contributed by atoms with Crippen molar-refractivity contribution in [1.29, 1.82) is 0 Å². The highest BCUT2D eigenvalue weighted by molar-refractivity contribution is 5.74. The lowest BCUT2D eigenvalue weighted by molar-refractivity contribution is -0.137. The highest BCUT2D eigenvalue weighted by atomic mass is 19.4. The van der Waals surface area contributed by atoms with Crippen LogP contribution in [0.15, 0.2) is 60.8 Å². The number of fused-ring (bicyclic) bond motifs is 2. The molecule has 0 aliphatic heterocycles. The predicted molar refractivity (Wildman–Crippen MR) is 125 cm³/mol. The van der Waals surface area contributed by atoms with Gasteiger partial charge < -0.3 is 10.7 Å². The number of aryl methyl sites for hydroxylation is 1. The monoisotopic (exact) mass is 465 g/mol. The molecule has 0 amide bonds. The van der Waals surface area contributed by atoms with E-state index in [9.17, 15) is 13.2 Å². The number of H-pyrrole nitrogens is 1. The molecule has 0 saturated carbocycles. The van der Waals surface area contributed by atoms with E-state index in [4.69, 9.17) is 15.7 Å². The largest absolute Gasteiger partial charge is 0.416 e. The average molecular weight is 466 g/mol. The Morgan fingerprint density at radius 1 is 1.03 bits per heavy atom. The molecule has 1 aliphatic carbocycles. The predicted octanol–water partition coefficient (Wildman–Crippen LogP) is 5.52. The second-order valence-electron chi connectivity index (χ2n) is 8.75. The van der Waals surface area contributed by atoms with Gasteiger partial charge in [-0.2, -0.15) is 13.2 Å². The number of benzene rings is 2. The van der Waals surface area contributed by atoms with Crippen LogP contribution in [0, 0.1) is 0 Å². The molecule has 2 heterocycles. The molecule has 34 heavy (non-hydrogen) atoms. The maximum absolute atomic E-state index is 13.3. The molecule has 176 valence electrons. The number of rotatable bonds is 6. The third-order valence-electron chi connectivity index (χ3n) is 6.52. The van der Waals surface area contributed by atoms with E-state index >= 15 is 0 Å². The first-order chi connectivity index (χ1) is 16.4. The van der Waals surface area contributed by atoms with Crippen LogP contribution in [-0.4, -0.2) is 19.9 Å². The molecule has 4 aromatic rings. The van der Waals surface area contributed by atoms with Gasteiger partial charge in [0, 0.05) is 19.3 Å². The molecule has 1 aliphatic rings. The Hall–Kier alpha value is -3.23. The van der Waals surface area contributed by atoms with Crippen molar-refractivity contribution < 1.29 is 13.2 Å². The van der Waals surface area contributed by atoms with Gasteiger partial charge in [0.15, 0.2) is 0 Å². The first-order valence-corrected chi connectivity index (χ1v) is 11.4. The number of hydrogen-bond donors (Lipinski definition) is 2. The van der Waals surface area contributed by atoms with Crippen LogP contribution in [0.5, 0.6) is 0 Å². The molecule has 5 rings (SSSR count). The van der Waals surface area contributed by atoms with Crippen LogP contribution in [0.4, 0.5) is 13.2 Å². The van der Waals surface area contributed by atoms with Crippen molar-refractivity contribution >= 4 is 11.0 Å². The van der Waals surface area contributed by atoms with Gasteiger partial charge in [0.1, 0.15) is 5.82 Å². The standard InChI is InChI=1S/C26H26F3N5/c27-26(28,29)20-11-10-18(19(13-20)14-30)15-34(16-24-32-21-7-1-2-8-22(21)33-24)23-9-3-5-17-6-4-12-31-25(17)23/h1-2,4,6-8,10-13,23H,3,5,9,14-16,30H2,(H,32,33). The Kier molecular flexibility index (Phi) is 6.10. The maximum atomic E-state index is 13.3. The van der Waals surface area contributed by atoms with Crippen molar-refractivity contribution in [3.63, 3.8) is 0 Å². The van der Waals surface area contributed by atoms with Gasteiger partial charge in [-0.3, -0.25) is 9.88 Å². The van der Waals surface area contributed by atoms with Crippen molar-refractivity contribution in [3.8, 4) is 0 Å². The second kappa shape index (κ2) is 9.19. The molecule has 1 atom stereocenters. The van der Waals surface area contributed by atoms with E-state index in [0.717, 1.165) is 53.4 Å². The minimum atomic E-state index is -4.40. The summed E-state index contributed by atoms with van der Waals surface area (Å²) in [5.41, 5.74) is 10.6. The summed E-state index contributed by atoms with van der Waals surface area (Å²) in [4.78, 5) is 15.1. The Morgan fingerprint density at radius 2 is 1.88 bits per heavy atom. The van der Waals surface area contributed by atoms with Gasteiger partial charge in [-0.25, -0.2) is 4.98 Å². The fraction of sp³-hybridized carbons (Fsp3) is 0.308. The lowest BCUT2D eigenvalue weighted by Crippen LogP contribution is -2.32. The van der Waals surface area contributed by atoms with Gasteiger partial charge in [0.25, 0.3) is 0 Å². The third kappa shape index (κ3) is 4.56. The second-order valence-corrected chi connectivity index (χ2v) is 8.75. The maximum Gasteiger partial charge on any atom is 0.416 e. The highest BCUT2D eigenvalue weighted by Gasteiger charge is 2.32. The Bertz CT molecular complexity index is 1260. The van der Waals surface area contributed by atoms with E-state index in [1.54, 1.807) is 12.3 Å². The molecule has 3 N–H and O–H groups in total. The van der Waals surface area contributed by atoms with Crippen LogP contribution in [0.3, 0.4) is 0 Å². The number of para-hydroxylation sites is 2. The van der Waals surface area contributed by atoms with E-state index in [1.165, 1.54) is 11.6 Å². The van der Waals surface area contributed by atoms with Crippen molar-refractivity contribution in [2.24, 2.45) is 5.73 Å². The number of nitrogens with one attached hydrogen (secondary N) is 1. The van der Waals surface area contributed by atoms with Crippen molar-refractivity contribution in [2.75, 3.05) is 0 Å². The summed E-state index contributed by atoms with van der Waals surface area (Å²) >= 11 is 0. The van der Waals surface area contributed by atoms with Gasteiger partial charge in [-0.1, -0.05) is 24.3 Å². The summed E-state index contributed by atoms with van der Waals surface area (Å²) in [5.74, 6) is 0.811. The van der Waals surface area contributed by atoms with Gasteiger partial charge in [-0.15, -0.1) is 0 Å². The topological polar surface area (TPSA) is 70.8 Å². The number of nitrogens with zero attached hydrogens (tertiary/aromatic N) is 3. The number of aromatic amines is 1.